The Balaban J connectivity index is 1.43. The number of thiazole rings is 1. The largest absolute Gasteiger partial charge is 0.352 e. The van der Waals surface area contributed by atoms with Crippen molar-refractivity contribution in [3.8, 4) is 0 Å². The summed E-state index contributed by atoms with van der Waals surface area (Å²) in [5.41, 5.74) is 1.71. The fraction of sp³-hybridized carbons (Fsp3) is 0.353. The zero-order chi connectivity index (χ0) is 17.8. The lowest BCUT2D eigenvalue weighted by molar-refractivity contribution is 0.0939. The number of nitrogens with one attached hydrogen (secondary N) is 1. The summed E-state index contributed by atoms with van der Waals surface area (Å²) in [5.74, 6) is 0.131. The van der Waals surface area contributed by atoms with E-state index in [2.05, 4.69) is 36.6 Å². The summed E-state index contributed by atoms with van der Waals surface area (Å²) < 4.78 is 2.03. The minimum absolute atomic E-state index is 0.128. The summed E-state index contributed by atoms with van der Waals surface area (Å²) in [7, 11) is 0. The molecule has 8 nitrogen and oxygen atoms in total. The molecule has 0 aliphatic carbocycles. The monoisotopic (exact) mass is 369 g/mol. The maximum absolute atomic E-state index is 12.3. The van der Waals surface area contributed by atoms with Crippen LogP contribution < -0.4 is 5.32 Å². The Morgan fingerprint density at radius 3 is 3.00 bits per heavy atom. The molecule has 134 valence electrons. The Labute approximate surface area is 154 Å². The fourth-order valence-electron chi connectivity index (χ4n) is 3.16. The number of hydrogen-bond donors (Lipinski definition) is 1. The van der Waals surface area contributed by atoms with Gasteiger partial charge in [0.1, 0.15) is 5.01 Å². The van der Waals surface area contributed by atoms with Crippen molar-refractivity contribution in [1.29, 1.82) is 0 Å². The van der Waals surface area contributed by atoms with Crippen LogP contribution in [-0.4, -0.2) is 48.9 Å². The van der Waals surface area contributed by atoms with Gasteiger partial charge in [-0.1, -0.05) is 0 Å². The third-order valence-corrected chi connectivity index (χ3v) is 5.14. The Hall–Kier alpha value is -2.65. The summed E-state index contributed by atoms with van der Waals surface area (Å²) in [5, 5.41) is 18.0. The van der Waals surface area contributed by atoms with Crippen LogP contribution in [0, 0.1) is 5.92 Å². The fourth-order valence-corrected chi connectivity index (χ4v) is 3.81. The van der Waals surface area contributed by atoms with Crippen LogP contribution in [0.15, 0.2) is 42.3 Å². The van der Waals surface area contributed by atoms with Gasteiger partial charge in [0.05, 0.1) is 30.2 Å². The number of carbonyl (C=O) groups excluding carboxylic acids is 1. The molecule has 4 heterocycles. The van der Waals surface area contributed by atoms with Crippen molar-refractivity contribution in [2.45, 2.75) is 19.6 Å². The Kier molecular flexibility index (Phi) is 4.98. The Bertz CT molecular complexity index is 849. The highest BCUT2D eigenvalue weighted by atomic mass is 32.1. The number of fused-ring (bicyclic) bond motifs is 1. The molecule has 0 fully saturated rings. The van der Waals surface area contributed by atoms with Gasteiger partial charge in [-0.2, -0.15) is 15.3 Å². The molecule has 0 unspecified atom stereocenters. The van der Waals surface area contributed by atoms with Crippen LogP contribution in [0.3, 0.4) is 0 Å². The molecule has 9 heteroatoms. The molecule has 1 aliphatic heterocycles. The average Bonchev–Trinajstić information content (AvgIpc) is 3.29. The summed E-state index contributed by atoms with van der Waals surface area (Å²) in [6, 6.07) is 3.72. The van der Waals surface area contributed by atoms with E-state index < -0.39 is 0 Å². The highest BCUT2D eigenvalue weighted by molar-refractivity contribution is 7.09. The molecule has 0 aromatic carbocycles. The zero-order valence-electron chi connectivity index (χ0n) is 14.2. The first-order chi connectivity index (χ1) is 12.8. The highest BCUT2D eigenvalue weighted by Gasteiger charge is 2.23. The van der Waals surface area contributed by atoms with Gasteiger partial charge in [-0.15, -0.1) is 11.3 Å². The molecule has 1 aliphatic rings. The quantitative estimate of drug-likeness (QED) is 0.727. The second-order valence-electron chi connectivity index (χ2n) is 6.31. The summed E-state index contributed by atoms with van der Waals surface area (Å²) in [6.07, 6.45) is 6.66. The van der Waals surface area contributed by atoms with Gasteiger partial charge in [-0.3, -0.25) is 14.4 Å². The van der Waals surface area contributed by atoms with E-state index in [0.29, 0.717) is 12.1 Å². The van der Waals surface area contributed by atoms with E-state index in [1.807, 2.05) is 22.5 Å². The van der Waals surface area contributed by atoms with Crippen LogP contribution in [0.25, 0.3) is 0 Å². The number of hydrogen-bond acceptors (Lipinski definition) is 7. The molecule has 0 saturated heterocycles. The maximum atomic E-state index is 12.3. The van der Waals surface area contributed by atoms with Crippen molar-refractivity contribution < 1.29 is 4.79 Å². The molecule has 0 saturated carbocycles. The molecule has 3 aromatic rings. The van der Waals surface area contributed by atoms with Gasteiger partial charge < -0.3 is 5.32 Å². The smallest absolute Gasteiger partial charge is 0.252 e. The first-order valence-electron chi connectivity index (χ1n) is 8.44. The SMILES string of the molecule is O=C(NC[C@@H]1CN(Cc2nccs2)Cc2ccnn2C1)c1ccnnc1. The number of carbonyl (C=O) groups is 1. The van der Waals surface area contributed by atoms with E-state index in [1.54, 1.807) is 17.4 Å². The van der Waals surface area contributed by atoms with Crippen molar-refractivity contribution in [2.75, 3.05) is 13.1 Å². The predicted octanol–water partition coefficient (Wildman–Crippen LogP) is 1.19. The first kappa shape index (κ1) is 16.8. The highest BCUT2D eigenvalue weighted by Crippen LogP contribution is 2.18. The molecule has 1 amide bonds. The van der Waals surface area contributed by atoms with Crippen LogP contribution >= 0.6 is 11.3 Å². The normalized spacial score (nSPS) is 17.5. The van der Waals surface area contributed by atoms with Crippen LogP contribution in [-0.2, 0) is 19.6 Å². The molecule has 1 N–H and O–H groups in total. The number of aromatic nitrogens is 5. The van der Waals surface area contributed by atoms with Crippen LogP contribution in [0.4, 0.5) is 0 Å². The summed E-state index contributed by atoms with van der Waals surface area (Å²) in [4.78, 5) is 19.0. The van der Waals surface area contributed by atoms with Crippen molar-refractivity contribution >= 4 is 17.2 Å². The van der Waals surface area contributed by atoms with Crippen molar-refractivity contribution in [3.05, 3.63) is 58.6 Å². The molecule has 4 rings (SSSR count). The molecule has 0 radical (unpaired) electrons. The van der Waals surface area contributed by atoms with Gasteiger partial charge in [0.25, 0.3) is 5.91 Å². The lowest BCUT2D eigenvalue weighted by Crippen LogP contribution is -2.36. The predicted molar refractivity (Wildman–Crippen MR) is 96.3 cm³/mol. The Morgan fingerprint density at radius 2 is 2.19 bits per heavy atom. The first-order valence-corrected chi connectivity index (χ1v) is 9.32. The lowest BCUT2D eigenvalue weighted by Gasteiger charge is -2.23. The lowest BCUT2D eigenvalue weighted by atomic mass is 10.1. The van der Waals surface area contributed by atoms with Crippen LogP contribution in [0.5, 0.6) is 0 Å². The second kappa shape index (κ2) is 7.71. The summed E-state index contributed by atoms with van der Waals surface area (Å²) >= 11 is 1.67. The zero-order valence-corrected chi connectivity index (χ0v) is 15.0. The Morgan fingerprint density at radius 1 is 1.23 bits per heavy atom. The minimum Gasteiger partial charge on any atom is -0.352 e. The standard InChI is InChI=1S/C17H19N7OS/c25-17(14-1-3-20-21-8-14)19-7-13-9-23(12-16-18-5-6-26-16)11-15-2-4-22-24(15)10-13/h1-6,8,13H,7,9-12H2,(H,19,25)/t13-/m1/s1. The van der Waals surface area contributed by atoms with Crippen molar-refractivity contribution in [1.82, 2.24) is 35.2 Å². The van der Waals surface area contributed by atoms with Gasteiger partial charge in [0, 0.05) is 49.9 Å². The molecule has 0 bridgehead atoms. The number of amides is 1. The molecule has 0 spiro atoms. The van der Waals surface area contributed by atoms with E-state index >= 15 is 0 Å². The van der Waals surface area contributed by atoms with E-state index in [9.17, 15) is 4.79 Å². The number of nitrogens with zero attached hydrogens (tertiary/aromatic N) is 6. The van der Waals surface area contributed by atoms with Gasteiger partial charge in [0.2, 0.25) is 0 Å². The molecular formula is C17H19N7OS. The molecule has 1 atom stereocenters. The van der Waals surface area contributed by atoms with Crippen LogP contribution in [0.1, 0.15) is 21.1 Å². The molecular weight excluding hydrogens is 350 g/mol. The van der Waals surface area contributed by atoms with Gasteiger partial charge in [0.15, 0.2) is 0 Å². The van der Waals surface area contributed by atoms with Crippen molar-refractivity contribution in [2.24, 2.45) is 5.92 Å². The van der Waals surface area contributed by atoms with Gasteiger partial charge in [-0.25, -0.2) is 4.98 Å². The number of rotatable bonds is 5. The topological polar surface area (TPSA) is 88.8 Å². The average molecular weight is 369 g/mol. The van der Waals surface area contributed by atoms with Gasteiger partial charge in [-0.05, 0) is 12.1 Å². The third kappa shape index (κ3) is 3.94. The van der Waals surface area contributed by atoms with Crippen LogP contribution in [0.2, 0.25) is 0 Å². The van der Waals surface area contributed by atoms with Crippen molar-refractivity contribution in [3.63, 3.8) is 0 Å². The summed E-state index contributed by atoms with van der Waals surface area (Å²) in [6.45, 7) is 3.87. The second-order valence-corrected chi connectivity index (χ2v) is 7.29. The maximum Gasteiger partial charge on any atom is 0.252 e. The van der Waals surface area contributed by atoms with E-state index in [0.717, 1.165) is 31.2 Å². The van der Waals surface area contributed by atoms with E-state index in [4.69, 9.17) is 0 Å². The molecule has 26 heavy (non-hydrogen) atoms. The third-order valence-electron chi connectivity index (χ3n) is 4.38. The molecule has 3 aromatic heterocycles. The van der Waals surface area contributed by atoms with E-state index in [-0.39, 0.29) is 11.8 Å². The minimum atomic E-state index is -0.128. The van der Waals surface area contributed by atoms with E-state index in [1.165, 1.54) is 18.1 Å². The van der Waals surface area contributed by atoms with Gasteiger partial charge >= 0.3 is 0 Å².